The Morgan fingerprint density at radius 2 is 2.05 bits per heavy atom. The molecule has 20 heavy (non-hydrogen) atoms. The Hall–Kier alpha value is -1.79. The highest BCUT2D eigenvalue weighted by molar-refractivity contribution is 5.86. The lowest BCUT2D eigenvalue weighted by Gasteiger charge is -2.32. The topological polar surface area (TPSA) is 81.2 Å². The van der Waals surface area contributed by atoms with Gasteiger partial charge in [0.1, 0.15) is 13.1 Å². The van der Waals surface area contributed by atoms with Gasteiger partial charge in [0.15, 0.2) is 0 Å². The third kappa shape index (κ3) is 4.11. The summed E-state index contributed by atoms with van der Waals surface area (Å²) in [6, 6.07) is -0.542. The summed E-state index contributed by atoms with van der Waals surface area (Å²) in [4.78, 5) is 39.5. The monoisotopic (exact) mass is 285 g/mol. The molecule has 1 atom stereocenters. The van der Waals surface area contributed by atoms with Crippen molar-refractivity contribution in [2.75, 3.05) is 33.2 Å². The zero-order valence-electron chi connectivity index (χ0n) is 12.3. The molecule has 0 radical (unpaired) electrons. The molecule has 114 valence electrons. The fourth-order valence-corrected chi connectivity index (χ4v) is 2.11. The number of hydrogen-bond donors (Lipinski definition) is 1. The summed E-state index contributed by atoms with van der Waals surface area (Å²) in [6.07, 6.45) is 1.37. The number of amides is 3. The standard InChI is InChI=1S/C13H23N3O4/c1-4-10(2)16(9-12(18)19)13(20)15-7-5-6-14(3)11(17)8-15/h10H,4-9H2,1-3H3,(H,18,19). The summed E-state index contributed by atoms with van der Waals surface area (Å²) in [5.74, 6) is -1.16. The number of nitrogens with zero attached hydrogens (tertiary/aromatic N) is 3. The first kappa shape index (κ1) is 16.3. The van der Waals surface area contributed by atoms with Crippen LogP contribution in [0.5, 0.6) is 0 Å². The second-order valence-corrected chi connectivity index (χ2v) is 5.15. The van der Waals surface area contributed by atoms with Crippen molar-refractivity contribution < 1.29 is 19.5 Å². The highest BCUT2D eigenvalue weighted by atomic mass is 16.4. The van der Waals surface area contributed by atoms with Crippen LogP contribution < -0.4 is 0 Å². The number of urea groups is 1. The Bertz CT molecular complexity index is 386. The van der Waals surface area contributed by atoms with E-state index in [-0.39, 0.29) is 31.1 Å². The van der Waals surface area contributed by atoms with E-state index in [1.165, 1.54) is 9.80 Å². The van der Waals surface area contributed by atoms with Crippen molar-refractivity contribution in [3.05, 3.63) is 0 Å². The van der Waals surface area contributed by atoms with Gasteiger partial charge in [0, 0.05) is 26.2 Å². The van der Waals surface area contributed by atoms with Crippen LogP contribution in [0, 0.1) is 0 Å². The van der Waals surface area contributed by atoms with Crippen LogP contribution in [0.4, 0.5) is 4.79 Å². The number of carboxylic acids is 1. The van der Waals surface area contributed by atoms with Crippen molar-refractivity contribution in [2.45, 2.75) is 32.7 Å². The van der Waals surface area contributed by atoms with Crippen LogP contribution >= 0.6 is 0 Å². The van der Waals surface area contributed by atoms with Crippen molar-refractivity contribution in [3.63, 3.8) is 0 Å². The van der Waals surface area contributed by atoms with Gasteiger partial charge < -0.3 is 19.8 Å². The smallest absolute Gasteiger partial charge is 0.323 e. The zero-order chi connectivity index (χ0) is 15.3. The normalized spacial score (nSPS) is 17.6. The SMILES string of the molecule is CCC(C)N(CC(=O)O)C(=O)N1CCCN(C)C(=O)C1. The maximum Gasteiger partial charge on any atom is 0.323 e. The summed E-state index contributed by atoms with van der Waals surface area (Å²) in [7, 11) is 1.71. The molecule has 1 fully saturated rings. The molecule has 1 aliphatic rings. The molecular weight excluding hydrogens is 262 g/mol. The summed E-state index contributed by atoms with van der Waals surface area (Å²) in [6.45, 7) is 4.48. The lowest BCUT2D eigenvalue weighted by atomic mass is 10.2. The highest BCUT2D eigenvalue weighted by Gasteiger charge is 2.29. The Morgan fingerprint density at radius 3 is 2.60 bits per heavy atom. The summed E-state index contributed by atoms with van der Waals surface area (Å²) in [5, 5.41) is 8.94. The maximum atomic E-state index is 12.5. The lowest BCUT2D eigenvalue weighted by molar-refractivity contribution is -0.138. The van der Waals surface area contributed by atoms with E-state index in [0.29, 0.717) is 25.9 Å². The average Bonchev–Trinajstić information content (AvgIpc) is 2.56. The predicted molar refractivity (Wildman–Crippen MR) is 73.3 cm³/mol. The summed E-state index contributed by atoms with van der Waals surface area (Å²) in [5.41, 5.74) is 0. The number of carboxylic acid groups (broad SMARTS) is 1. The second kappa shape index (κ2) is 7.12. The fraction of sp³-hybridized carbons (Fsp3) is 0.769. The van der Waals surface area contributed by atoms with Gasteiger partial charge in [0.2, 0.25) is 5.91 Å². The van der Waals surface area contributed by atoms with Crippen molar-refractivity contribution in [3.8, 4) is 0 Å². The number of rotatable bonds is 4. The molecule has 0 bridgehead atoms. The molecular formula is C13H23N3O4. The molecule has 0 spiro atoms. The number of aliphatic carboxylic acids is 1. The molecule has 0 aromatic carbocycles. The quantitative estimate of drug-likeness (QED) is 0.813. The van der Waals surface area contributed by atoms with Gasteiger partial charge in [-0.05, 0) is 19.8 Å². The first-order chi connectivity index (χ1) is 9.36. The minimum Gasteiger partial charge on any atom is -0.480 e. The molecule has 1 N–H and O–H groups in total. The Balaban J connectivity index is 2.82. The van der Waals surface area contributed by atoms with E-state index in [9.17, 15) is 14.4 Å². The first-order valence-electron chi connectivity index (χ1n) is 6.88. The van der Waals surface area contributed by atoms with Gasteiger partial charge in [0.25, 0.3) is 0 Å². The molecule has 0 aromatic heterocycles. The molecule has 1 rings (SSSR count). The van der Waals surface area contributed by atoms with Gasteiger partial charge in [-0.2, -0.15) is 0 Å². The summed E-state index contributed by atoms with van der Waals surface area (Å²) >= 11 is 0. The van der Waals surface area contributed by atoms with Crippen LogP contribution in [0.1, 0.15) is 26.7 Å². The maximum absolute atomic E-state index is 12.5. The van der Waals surface area contributed by atoms with Crippen LogP contribution in [0.25, 0.3) is 0 Å². The molecule has 1 aliphatic heterocycles. The van der Waals surface area contributed by atoms with Crippen LogP contribution in [0.3, 0.4) is 0 Å². The van der Waals surface area contributed by atoms with Gasteiger partial charge in [-0.3, -0.25) is 9.59 Å². The highest BCUT2D eigenvalue weighted by Crippen LogP contribution is 2.11. The molecule has 0 saturated carbocycles. The van der Waals surface area contributed by atoms with Gasteiger partial charge in [0.05, 0.1) is 0 Å². The first-order valence-corrected chi connectivity index (χ1v) is 6.88. The number of hydrogen-bond acceptors (Lipinski definition) is 3. The van der Waals surface area contributed by atoms with E-state index in [0.717, 1.165) is 0 Å². The van der Waals surface area contributed by atoms with Crippen molar-refractivity contribution >= 4 is 17.9 Å². The molecule has 1 heterocycles. The van der Waals surface area contributed by atoms with Gasteiger partial charge >= 0.3 is 12.0 Å². The Labute approximate surface area is 119 Å². The number of carbonyl (C=O) groups is 3. The average molecular weight is 285 g/mol. The largest absolute Gasteiger partial charge is 0.480 e. The van der Waals surface area contributed by atoms with Crippen LogP contribution in [0.15, 0.2) is 0 Å². The van der Waals surface area contributed by atoms with Crippen molar-refractivity contribution in [2.24, 2.45) is 0 Å². The summed E-state index contributed by atoms with van der Waals surface area (Å²) < 4.78 is 0. The third-order valence-electron chi connectivity index (χ3n) is 3.62. The Kier molecular flexibility index (Phi) is 5.79. The van der Waals surface area contributed by atoms with Gasteiger partial charge in [-0.1, -0.05) is 6.92 Å². The molecule has 7 heteroatoms. The minimum atomic E-state index is -1.04. The third-order valence-corrected chi connectivity index (χ3v) is 3.62. The Morgan fingerprint density at radius 1 is 1.40 bits per heavy atom. The number of carbonyl (C=O) groups excluding carboxylic acids is 2. The van der Waals surface area contributed by atoms with Crippen LogP contribution in [0.2, 0.25) is 0 Å². The zero-order valence-corrected chi connectivity index (χ0v) is 12.3. The van der Waals surface area contributed by atoms with Gasteiger partial charge in [-0.25, -0.2) is 4.79 Å². The molecule has 1 saturated heterocycles. The van der Waals surface area contributed by atoms with E-state index in [1.807, 2.05) is 13.8 Å². The van der Waals surface area contributed by atoms with Crippen LogP contribution in [-0.2, 0) is 9.59 Å². The minimum absolute atomic E-state index is 0.0158. The number of likely N-dealkylation sites (N-methyl/N-ethyl adjacent to an activating group) is 1. The molecule has 0 aromatic rings. The van der Waals surface area contributed by atoms with E-state index in [2.05, 4.69) is 0 Å². The van der Waals surface area contributed by atoms with Crippen molar-refractivity contribution in [1.29, 1.82) is 0 Å². The van der Waals surface area contributed by atoms with E-state index >= 15 is 0 Å². The van der Waals surface area contributed by atoms with Crippen molar-refractivity contribution in [1.82, 2.24) is 14.7 Å². The van der Waals surface area contributed by atoms with E-state index in [4.69, 9.17) is 5.11 Å². The predicted octanol–water partition coefficient (Wildman–Crippen LogP) is 0.456. The second-order valence-electron chi connectivity index (χ2n) is 5.15. The van der Waals surface area contributed by atoms with Crippen LogP contribution in [-0.4, -0.2) is 77.0 Å². The van der Waals surface area contributed by atoms with E-state index < -0.39 is 5.97 Å². The molecule has 3 amide bonds. The molecule has 0 aliphatic carbocycles. The lowest BCUT2D eigenvalue weighted by Crippen LogP contribution is -2.50. The fourth-order valence-electron chi connectivity index (χ4n) is 2.11. The molecule has 7 nitrogen and oxygen atoms in total. The molecule has 1 unspecified atom stereocenters. The van der Waals surface area contributed by atoms with Gasteiger partial charge in [-0.15, -0.1) is 0 Å². The van der Waals surface area contributed by atoms with E-state index in [1.54, 1.807) is 11.9 Å².